The Kier molecular flexibility index (Phi) is 3.95. The summed E-state index contributed by atoms with van der Waals surface area (Å²) < 4.78 is 15.6. The van der Waals surface area contributed by atoms with Gasteiger partial charge in [-0.1, -0.05) is 17.3 Å². The van der Waals surface area contributed by atoms with Crippen molar-refractivity contribution in [2.24, 2.45) is 0 Å². The van der Waals surface area contributed by atoms with Crippen molar-refractivity contribution in [2.45, 2.75) is 31.7 Å². The molecule has 7 nitrogen and oxygen atoms in total. The van der Waals surface area contributed by atoms with Crippen LogP contribution in [0.4, 0.5) is 9.18 Å². The lowest BCUT2D eigenvalue weighted by atomic mass is 10.1. The van der Waals surface area contributed by atoms with Gasteiger partial charge in [0.2, 0.25) is 5.91 Å². The number of urea groups is 1. The molecule has 0 spiro atoms. The highest BCUT2D eigenvalue weighted by Gasteiger charge is 2.27. The number of nitrogens with one attached hydrogen (secondary N) is 1. The summed E-state index contributed by atoms with van der Waals surface area (Å²) in [5.74, 6) is -0.398. The largest absolute Gasteiger partial charge is 0.324 e. The molecular formula is C17H18FN5O2. The third-order valence-electron chi connectivity index (χ3n) is 4.84. The Morgan fingerprint density at radius 3 is 3.00 bits per heavy atom. The van der Waals surface area contributed by atoms with Crippen LogP contribution in [0, 0.1) is 5.82 Å². The standard InChI is InChI=1S/C17H18FN5O2/c18-14-3-1-2-13-12(14)4-5-15(13)23-10-11(20-21-23)6-8-22-9-7-16(24)19-17(22)25/h1-3,10,15H,4-9H2,(H,19,24,25)/t15-/m1/s1. The maximum atomic E-state index is 13.9. The van der Waals surface area contributed by atoms with Crippen LogP contribution >= 0.6 is 0 Å². The van der Waals surface area contributed by atoms with Gasteiger partial charge in [0.05, 0.1) is 11.7 Å². The third kappa shape index (κ3) is 2.99. The van der Waals surface area contributed by atoms with E-state index >= 15 is 0 Å². The summed E-state index contributed by atoms with van der Waals surface area (Å²) in [6.07, 6.45) is 4.24. The minimum absolute atomic E-state index is 0.00265. The van der Waals surface area contributed by atoms with E-state index in [2.05, 4.69) is 15.6 Å². The van der Waals surface area contributed by atoms with Crippen molar-refractivity contribution in [1.29, 1.82) is 0 Å². The maximum absolute atomic E-state index is 13.9. The van der Waals surface area contributed by atoms with Gasteiger partial charge in [-0.2, -0.15) is 0 Å². The fraction of sp³-hybridized carbons (Fsp3) is 0.412. The summed E-state index contributed by atoms with van der Waals surface area (Å²) in [4.78, 5) is 24.5. The van der Waals surface area contributed by atoms with Crippen LogP contribution in [0.5, 0.6) is 0 Å². The summed E-state index contributed by atoms with van der Waals surface area (Å²) in [7, 11) is 0. The summed E-state index contributed by atoms with van der Waals surface area (Å²) in [6, 6.07) is 4.79. The van der Waals surface area contributed by atoms with E-state index in [1.165, 1.54) is 6.07 Å². The molecule has 1 aromatic carbocycles. The van der Waals surface area contributed by atoms with Gasteiger partial charge in [0.25, 0.3) is 0 Å². The van der Waals surface area contributed by atoms with Crippen LogP contribution in [-0.2, 0) is 17.6 Å². The monoisotopic (exact) mass is 343 g/mol. The SMILES string of the molecule is O=C1CCN(CCc2cn([C@@H]3CCc4c(F)cccc43)nn2)C(=O)N1. The summed E-state index contributed by atoms with van der Waals surface area (Å²) in [5, 5.41) is 10.7. The van der Waals surface area contributed by atoms with Crippen molar-refractivity contribution in [2.75, 3.05) is 13.1 Å². The minimum atomic E-state index is -0.358. The van der Waals surface area contributed by atoms with Crippen molar-refractivity contribution in [3.8, 4) is 0 Å². The van der Waals surface area contributed by atoms with E-state index in [1.807, 2.05) is 12.3 Å². The lowest BCUT2D eigenvalue weighted by molar-refractivity contribution is -0.121. The molecule has 1 atom stereocenters. The highest BCUT2D eigenvalue weighted by Crippen LogP contribution is 2.35. The van der Waals surface area contributed by atoms with Gasteiger partial charge >= 0.3 is 6.03 Å². The van der Waals surface area contributed by atoms with Crippen LogP contribution in [-0.4, -0.2) is 44.9 Å². The third-order valence-corrected chi connectivity index (χ3v) is 4.84. The molecule has 0 bridgehead atoms. The number of carbonyl (C=O) groups is 2. The molecule has 25 heavy (non-hydrogen) atoms. The second-order valence-electron chi connectivity index (χ2n) is 6.39. The first kappa shape index (κ1) is 15.7. The molecule has 4 rings (SSSR count). The molecule has 130 valence electrons. The van der Waals surface area contributed by atoms with Crippen molar-refractivity contribution in [3.05, 3.63) is 47.0 Å². The first-order valence-electron chi connectivity index (χ1n) is 8.38. The molecule has 2 heterocycles. The first-order valence-corrected chi connectivity index (χ1v) is 8.38. The molecule has 0 unspecified atom stereocenters. The molecule has 1 aliphatic heterocycles. The second-order valence-corrected chi connectivity index (χ2v) is 6.39. The van der Waals surface area contributed by atoms with Crippen LogP contribution < -0.4 is 5.32 Å². The van der Waals surface area contributed by atoms with Gasteiger partial charge in [-0.05, 0) is 30.0 Å². The van der Waals surface area contributed by atoms with E-state index in [9.17, 15) is 14.0 Å². The van der Waals surface area contributed by atoms with E-state index in [-0.39, 0.29) is 23.8 Å². The Balaban J connectivity index is 1.43. The van der Waals surface area contributed by atoms with E-state index in [0.29, 0.717) is 32.4 Å². The fourth-order valence-electron chi connectivity index (χ4n) is 3.50. The number of hydrogen-bond acceptors (Lipinski definition) is 4. The quantitative estimate of drug-likeness (QED) is 0.911. The predicted octanol–water partition coefficient (Wildman–Crippen LogP) is 1.44. The van der Waals surface area contributed by atoms with Crippen molar-refractivity contribution < 1.29 is 14.0 Å². The number of carbonyl (C=O) groups excluding carboxylic acids is 2. The van der Waals surface area contributed by atoms with E-state index in [4.69, 9.17) is 0 Å². The molecule has 1 aromatic heterocycles. The molecule has 1 N–H and O–H groups in total. The highest BCUT2D eigenvalue weighted by atomic mass is 19.1. The average molecular weight is 343 g/mol. The van der Waals surface area contributed by atoms with Gasteiger partial charge in [-0.15, -0.1) is 5.10 Å². The zero-order chi connectivity index (χ0) is 17.4. The maximum Gasteiger partial charge on any atom is 0.324 e. The van der Waals surface area contributed by atoms with Crippen LogP contribution in [0.2, 0.25) is 0 Å². The Hall–Kier alpha value is -2.77. The smallest absolute Gasteiger partial charge is 0.324 e. The number of benzene rings is 1. The van der Waals surface area contributed by atoms with E-state index in [1.54, 1.807) is 15.6 Å². The highest BCUT2D eigenvalue weighted by molar-refractivity contribution is 5.96. The van der Waals surface area contributed by atoms with Crippen LogP contribution in [0.1, 0.15) is 35.7 Å². The van der Waals surface area contributed by atoms with Gasteiger partial charge in [0, 0.05) is 32.1 Å². The summed E-state index contributed by atoms with van der Waals surface area (Å²) in [5.41, 5.74) is 2.50. The average Bonchev–Trinajstić information content (AvgIpc) is 3.21. The number of halogens is 1. The van der Waals surface area contributed by atoms with Crippen molar-refractivity contribution >= 4 is 11.9 Å². The Bertz CT molecular complexity index is 834. The fourth-order valence-corrected chi connectivity index (χ4v) is 3.50. The molecule has 2 aliphatic rings. The topological polar surface area (TPSA) is 80.1 Å². The van der Waals surface area contributed by atoms with Gasteiger partial charge in [-0.25, -0.2) is 13.9 Å². The Morgan fingerprint density at radius 1 is 1.28 bits per heavy atom. The molecule has 0 saturated carbocycles. The first-order chi connectivity index (χ1) is 12.1. The predicted molar refractivity (Wildman–Crippen MR) is 86.3 cm³/mol. The van der Waals surface area contributed by atoms with Gasteiger partial charge in [0.15, 0.2) is 0 Å². The lowest BCUT2D eigenvalue weighted by Gasteiger charge is -2.25. The Morgan fingerprint density at radius 2 is 2.16 bits per heavy atom. The molecule has 3 amide bonds. The molecule has 1 fully saturated rings. The number of aromatic nitrogens is 3. The molecule has 1 saturated heterocycles. The Labute approximate surface area is 143 Å². The summed E-state index contributed by atoms with van der Waals surface area (Å²) in [6.45, 7) is 0.905. The van der Waals surface area contributed by atoms with Gasteiger partial charge in [-0.3, -0.25) is 10.1 Å². The van der Waals surface area contributed by atoms with E-state index in [0.717, 1.165) is 23.2 Å². The normalized spacial score (nSPS) is 19.9. The van der Waals surface area contributed by atoms with E-state index < -0.39 is 0 Å². The number of nitrogens with zero attached hydrogens (tertiary/aromatic N) is 4. The summed E-state index contributed by atoms with van der Waals surface area (Å²) >= 11 is 0. The van der Waals surface area contributed by atoms with Crippen molar-refractivity contribution in [1.82, 2.24) is 25.2 Å². The minimum Gasteiger partial charge on any atom is -0.324 e. The number of fused-ring (bicyclic) bond motifs is 1. The van der Waals surface area contributed by atoms with Gasteiger partial charge < -0.3 is 4.90 Å². The second kappa shape index (κ2) is 6.27. The molecule has 1 aliphatic carbocycles. The van der Waals surface area contributed by atoms with Crippen LogP contribution in [0.15, 0.2) is 24.4 Å². The molecule has 0 radical (unpaired) electrons. The van der Waals surface area contributed by atoms with Crippen LogP contribution in [0.25, 0.3) is 0 Å². The number of hydrogen-bond donors (Lipinski definition) is 1. The zero-order valence-corrected chi connectivity index (χ0v) is 13.6. The van der Waals surface area contributed by atoms with Crippen LogP contribution in [0.3, 0.4) is 0 Å². The zero-order valence-electron chi connectivity index (χ0n) is 13.6. The molecular weight excluding hydrogens is 325 g/mol. The number of amides is 3. The van der Waals surface area contributed by atoms with Crippen molar-refractivity contribution in [3.63, 3.8) is 0 Å². The lowest BCUT2D eigenvalue weighted by Crippen LogP contribution is -2.49. The molecule has 8 heteroatoms. The van der Waals surface area contributed by atoms with Gasteiger partial charge in [0.1, 0.15) is 5.82 Å². The number of imide groups is 1. The number of rotatable bonds is 4. The molecule has 2 aromatic rings.